The van der Waals surface area contributed by atoms with E-state index in [2.05, 4.69) is 15.6 Å². The van der Waals surface area contributed by atoms with Crippen LogP contribution in [0.3, 0.4) is 0 Å². The third-order valence-electron chi connectivity index (χ3n) is 4.37. The van der Waals surface area contributed by atoms with E-state index in [0.29, 0.717) is 46.6 Å². The van der Waals surface area contributed by atoms with E-state index in [1.807, 2.05) is 0 Å². The van der Waals surface area contributed by atoms with Crippen LogP contribution >= 0.6 is 23.2 Å². The van der Waals surface area contributed by atoms with Crippen LogP contribution in [0.25, 0.3) is 11.1 Å². The Bertz CT molecular complexity index is 1110. The van der Waals surface area contributed by atoms with Gasteiger partial charge in [0.25, 0.3) is 11.4 Å². The predicted molar refractivity (Wildman–Crippen MR) is 120 cm³/mol. The van der Waals surface area contributed by atoms with Crippen molar-refractivity contribution in [2.75, 3.05) is 18.4 Å². The summed E-state index contributed by atoms with van der Waals surface area (Å²) in [6.45, 7) is 1.59. The Balaban J connectivity index is 1.61. The van der Waals surface area contributed by atoms with Crippen molar-refractivity contribution < 1.29 is 9.85 Å². The van der Waals surface area contributed by atoms with Gasteiger partial charge in [0.1, 0.15) is 12.0 Å². The smallest absolute Gasteiger partial charge is 0.287 e. The Morgan fingerprint density at radius 3 is 2.35 bits per heavy atom. The zero-order chi connectivity index (χ0) is 22.4. The maximum Gasteiger partial charge on any atom is 0.287 e. The predicted octanol–water partition coefficient (Wildman–Crippen LogP) is 5.07. The molecular formula is C20H17Cl2N5O4. The van der Waals surface area contributed by atoms with E-state index in [9.17, 15) is 20.2 Å². The first kappa shape index (κ1) is 22.4. The highest BCUT2D eigenvalue weighted by atomic mass is 35.5. The average molecular weight is 462 g/mol. The van der Waals surface area contributed by atoms with E-state index in [-0.39, 0.29) is 11.4 Å². The molecule has 0 aliphatic carbocycles. The van der Waals surface area contributed by atoms with Crippen LogP contribution in [0.5, 0.6) is 0 Å². The van der Waals surface area contributed by atoms with Gasteiger partial charge < -0.3 is 10.6 Å². The molecule has 0 bridgehead atoms. The van der Waals surface area contributed by atoms with Crippen LogP contribution in [0.4, 0.5) is 17.2 Å². The highest BCUT2D eigenvalue weighted by Crippen LogP contribution is 2.36. The van der Waals surface area contributed by atoms with Gasteiger partial charge in [0.05, 0.1) is 20.4 Å². The van der Waals surface area contributed by atoms with Gasteiger partial charge in [0, 0.05) is 42.4 Å². The van der Waals surface area contributed by atoms with Crippen LogP contribution < -0.4 is 10.6 Å². The molecule has 0 fully saturated rings. The first-order chi connectivity index (χ1) is 14.8. The molecule has 1 heterocycles. The van der Waals surface area contributed by atoms with E-state index >= 15 is 0 Å². The number of hydrogen-bond donors (Lipinski definition) is 2. The summed E-state index contributed by atoms with van der Waals surface area (Å²) in [6.07, 6.45) is 1.19. The monoisotopic (exact) mass is 461 g/mol. The topological polar surface area (TPSA) is 123 Å². The van der Waals surface area contributed by atoms with Crippen LogP contribution in [-0.2, 0) is 6.54 Å². The fraction of sp³-hybridized carbons (Fsp3) is 0.150. The zero-order valence-electron chi connectivity index (χ0n) is 16.0. The van der Waals surface area contributed by atoms with Crippen molar-refractivity contribution in [3.63, 3.8) is 0 Å². The molecule has 0 atom stereocenters. The fourth-order valence-corrected chi connectivity index (χ4v) is 3.40. The van der Waals surface area contributed by atoms with Gasteiger partial charge in [-0.15, -0.1) is 0 Å². The van der Waals surface area contributed by atoms with E-state index in [4.69, 9.17) is 23.2 Å². The van der Waals surface area contributed by atoms with Crippen molar-refractivity contribution in [3.05, 3.63) is 90.6 Å². The van der Waals surface area contributed by atoms with E-state index in [1.54, 1.807) is 30.3 Å². The number of halogens is 2. The second kappa shape index (κ2) is 10.2. The second-order valence-electron chi connectivity index (χ2n) is 6.50. The molecule has 2 aromatic carbocycles. The maximum absolute atomic E-state index is 11.4. The number of aromatic nitrogens is 1. The molecule has 0 amide bonds. The minimum absolute atomic E-state index is 0.0427. The van der Waals surface area contributed by atoms with Gasteiger partial charge in [0.15, 0.2) is 0 Å². The Hall–Kier alpha value is -3.27. The number of nitrogens with zero attached hydrogens (tertiary/aromatic N) is 3. The normalized spacial score (nSPS) is 10.6. The van der Waals surface area contributed by atoms with Crippen LogP contribution in [0, 0.1) is 20.2 Å². The Morgan fingerprint density at radius 2 is 1.71 bits per heavy atom. The molecule has 0 saturated heterocycles. The van der Waals surface area contributed by atoms with Crippen LogP contribution in [0.15, 0.2) is 54.7 Å². The lowest BCUT2D eigenvalue weighted by Crippen LogP contribution is -2.22. The number of nitro benzene ring substituents is 1. The first-order valence-electron chi connectivity index (χ1n) is 9.13. The van der Waals surface area contributed by atoms with Crippen LogP contribution in [0.1, 0.15) is 5.56 Å². The van der Waals surface area contributed by atoms with Gasteiger partial charge in [-0.2, -0.15) is 0 Å². The Morgan fingerprint density at radius 1 is 0.903 bits per heavy atom. The fourth-order valence-electron chi connectivity index (χ4n) is 2.89. The lowest BCUT2D eigenvalue weighted by molar-refractivity contribution is -0.385. The van der Waals surface area contributed by atoms with Crippen molar-refractivity contribution in [1.29, 1.82) is 0 Å². The molecule has 0 saturated carbocycles. The molecule has 160 valence electrons. The average Bonchev–Trinajstić information content (AvgIpc) is 2.73. The molecule has 11 heteroatoms. The number of nitro groups is 2. The highest BCUT2D eigenvalue weighted by Gasteiger charge is 2.18. The lowest BCUT2D eigenvalue weighted by Gasteiger charge is -2.10. The standard InChI is InChI=1S/C20H17Cl2N5O4/c21-14-2-4-16(18(22)10-14)17-9-13(1-5-19(17)27(30)31)11-23-7-8-24-20-6-3-15(12-25-20)26(28)29/h1-6,9-10,12,23H,7-8,11H2,(H,24,25). The molecule has 3 rings (SSSR count). The molecule has 3 aromatic rings. The second-order valence-corrected chi connectivity index (χ2v) is 7.34. The molecule has 0 spiro atoms. The summed E-state index contributed by atoms with van der Waals surface area (Å²) in [5.74, 6) is 0.530. The maximum atomic E-state index is 11.4. The molecule has 9 nitrogen and oxygen atoms in total. The minimum Gasteiger partial charge on any atom is -0.369 e. The van der Waals surface area contributed by atoms with Crippen LogP contribution in [0.2, 0.25) is 10.0 Å². The van der Waals surface area contributed by atoms with Crippen molar-refractivity contribution in [2.24, 2.45) is 0 Å². The summed E-state index contributed by atoms with van der Waals surface area (Å²) in [7, 11) is 0. The number of benzene rings is 2. The number of pyridine rings is 1. The van der Waals surface area contributed by atoms with Crippen molar-refractivity contribution in [3.8, 4) is 11.1 Å². The summed E-state index contributed by atoms with van der Waals surface area (Å²) in [4.78, 5) is 25.1. The van der Waals surface area contributed by atoms with Gasteiger partial charge in [-0.1, -0.05) is 35.3 Å². The lowest BCUT2D eigenvalue weighted by atomic mass is 10.0. The van der Waals surface area contributed by atoms with Crippen LogP contribution in [-0.4, -0.2) is 27.9 Å². The molecule has 0 radical (unpaired) electrons. The summed E-state index contributed by atoms with van der Waals surface area (Å²) in [5.41, 5.74) is 1.68. The van der Waals surface area contributed by atoms with E-state index in [1.165, 1.54) is 24.4 Å². The van der Waals surface area contributed by atoms with Crippen molar-refractivity contribution >= 4 is 40.4 Å². The van der Waals surface area contributed by atoms with Gasteiger partial charge >= 0.3 is 0 Å². The first-order valence-corrected chi connectivity index (χ1v) is 9.88. The molecule has 2 N–H and O–H groups in total. The largest absolute Gasteiger partial charge is 0.369 e. The van der Waals surface area contributed by atoms with Crippen molar-refractivity contribution in [2.45, 2.75) is 6.54 Å². The summed E-state index contributed by atoms with van der Waals surface area (Å²) < 4.78 is 0. The number of hydrogen-bond acceptors (Lipinski definition) is 7. The SMILES string of the molecule is O=[N+]([O-])c1ccc(NCCNCc2ccc([N+](=O)[O-])c(-c3ccc(Cl)cc3Cl)c2)nc1. The molecular weight excluding hydrogens is 445 g/mol. The van der Waals surface area contributed by atoms with Gasteiger partial charge in [0.2, 0.25) is 0 Å². The quantitative estimate of drug-likeness (QED) is 0.258. The summed E-state index contributed by atoms with van der Waals surface area (Å²) in [6, 6.07) is 12.6. The molecule has 0 unspecified atom stereocenters. The third-order valence-corrected chi connectivity index (χ3v) is 4.92. The summed E-state index contributed by atoms with van der Waals surface area (Å²) in [5, 5.41) is 29.2. The Kier molecular flexibility index (Phi) is 7.35. The van der Waals surface area contributed by atoms with Gasteiger partial charge in [-0.3, -0.25) is 20.2 Å². The molecule has 31 heavy (non-hydrogen) atoms. The molecule has 1 aromatic heterocycles. The number of nitrogens with one attached hydrogen (secondary N) is 2. The Labute approximate surface area is 187 Å². The van der Waals surface area contributed by atoms with Gasteiger partial charge in [-0.25, -0.2) is 4.98 Å². The number of rotatable bonds is 9. The zero-order valence-corrected chi connectivity index (χ0v) is 17.6. The van der Waals surface area contributed by atoms with E-state index < -0.39 is 9.85 Å². The number of anilines is 1. The van der Waals surface area contributed by atoms with Gasteiger partial charge in [-0.05, 0) is 29.8 Å². The molecule has 0 aliphatic heterocycles. The molecule has 0 aliphatic rings. The third kappa shape index (κ3) is 5.88. The van der Waals surface area contributed by atoms with E-state index in [0.717, 1.165) is 5.56 Å². The van der Waals surface area contributed by atoms with Crippen molar-refractivity contribution in [1.82, 2.24) is 10.3 Å². The highest BCUT2D eigenvalue weighted by molar-refractivity contribution is 6.36. The minimum atomic E-state index is -0.506. The summed E-state index contributed by atoms with van der Waals surface area (Å²) >= 11 is 12.2.